The quantitative estimate of drug-likeness (QED) is 0.124. The molecule has 8 nitrogen and oxygen atoms in total. The summed E-state index contributed by atoms with van der Waals surface area (Å²) in [6, 6.07) is 18.0. The number of methoxy groups -OCH3 is 1. The van der Waals surface area contributed by atoms with Crippen LogP contribution in [-0.2, 0) is 6.54 Å². The average molecular weight is 664 g/mol. The minimum Gasteiger partial charge on any atom is -0.508 e. The van der Waals surface area contributed by atoms with E-state index < -0.39 is 0 Å². The molecule has 48 heavy (non-hydrogen) atoms. The second-order valence-corrected chi connectivity index (χ2v) is 14.8. The van der Waals surface area contributed by atoms with Crippen molar-refractivity contribution in [3.8, 4) is 28.5 Å². The highest BCUT2D eigenvalue weighted by atomic mass is 32.1. The molecule has 0 spiro atoms. The number of carbonyl (C=O) groups excluding carboxylic acids is 1. The molecule has 3 aromatic carbocycles. The zero-order valence-corrected chi connectivity index (χ0v) is 28.6. The first-order valence-corrected chi connectivity index (χ1v) is 18.1. The molecule has 0 radical (unpaired) electrons. The van der Waals surface area contributed by atoms with Crippen molar-refractivity contribution in [3.05, 3.63) is 87.4 Å². The van der Waals surface area contributed by atoms with Crippen molar-refractivity contribution in [3.63, 3.8) is 0 Å². The maximum absolute atomic E-state index is 14.2. The Balaban J connectivity index is 1.17. The number of aromatic hydroxyl groups is 1. The Hall–Kier alpha value is -4.34. The first-order chi connectivity index (χ1) is 23.4. The summed E-state index contributed by atoms with van der Waals surface area (Å²) < 4.78 is 14.2. The third-order valence-electron chi connectivity index (χ3n) is 10.7. The van der Waals surface area contributed by atoms with Crippen LogP contribution in [0.2, 0.25) is 0 Å². The minimum absolute atomic E-state index is 0.108. The fourth-order valence-electron chi connectivity index (χ4n) is 8.38. The van der Waals surface area contributed by atoms with Crippen molar-refractivity contribution < 1.29 is 24.7 Å². The number of hydrogen-bond donors (Lipinski definition) is 3. The Labute approximate surface area is 285 Å². The molecule has 9 heteroatoms. The van der Waals surface area contributed by atoms with Gasteiger partial charge in [0.2, 0.25) is 0 Å². The molecule has 3 unspecified atom stereocenters. The van der Waals surface area contributed by atoms with E-state index in [9.17, 15) is 9.90 Å². The lowest BCUT2D eigenvalue weighted by molar-refractivity contribution is -0.600. The Kier molecular flexibility index (Phi) is 8.13. The number of rotatable bonds is 7. The van der Waals surface area contributed by atoms with Crippen LogP contribution in [0, 0.1) is 6.92 Å². The fraction of sp³-hybridized carbons (Fsp3) is 0.385. The number of ether oxygens (including phenoxy) is 2. The van der Waals surface area contributed by atoms with Gasteiger partial charge in [0.05, 0.1) is 42.1 Å². The lowest BCUT2D eigenvalue weighted by atomic mass is 9.81. The van der Waals surface area contributed by atoms with Gasteiger partial charge in [0.25, 0.3) is 5.91 Å². The van der Waals surface area contributed by atoms with Crippen LogP contribution in [0.1, 0.15) is 95.5 Å². The first-order valence-electron chi connectivity index (χ1n) is 17.3. The Morgan fingerprint density at radius 1 is 1.15 bits per heavy atom. The summed E-state index contributed by atoms with van der Waals surface area (Å²) >= 11 is 1.60. The van der Waals surface area contributed by atoms with E-state index in [4.69, 9.17) is 14.5 Å². The van der Waals surface area contributed by atoms with Crippen LogP contribution in [0.5, 0.6) is 17.2 Å². The van der Waals surface area contributed by atoms with Crippen LogP contribution in [0.3, 0.4) is 0 Å². The Morgan fingerprint density at radius 3 is 2.79 bits per heavy atom. The Bertz CT molecular complexity index is 2010. The molecule has 2 aromatic heterocycles. The molecule has 4 N–H and O–H groups in total. The molecule has 1 fully saturated rings. The number of carbonyl (C=O) groups is 1. The van der Waals surface area contributed by atoms with E-state index in [-0.39, 0.29) is 29.7 Å². The number of benzene rings is 3. The van der Waals surface area contributed by atoms with Gasteiger partial charge in [0.1, 0.15) is 29.5 Å². The summed E-state index contributed by atoms with van der Waals surface area (Å²) in [5, 5.41) is 20.2. The third-order valence-corrected chi connectivity index (χ3v) is 11.5. The molecule has 1 saturated carbocycles. The summed E-state index contributed by atoms with van der Waals surface area (Å²) in [6.07, 6.45) is 6.80. The average Bonchev–Trinajstić information content (AvgIpc) is 3.72. The molecule has 5 aromatic rings. The number of fused-ring (bicyclic) bond motifs is 6. The molecule has 2 aliphatic heterocycles. The monoisotopic (exact) mass is 663 g/mol. The first kappa shape index (κ1) is 31.0. The number of quaternary nitrogens is 1. The van der Waals surface area contributed by atoms with Gasteiger partial charge in [-0.2, -0.15) is 0 Å². The summed E-state index contributed by atoms with van der Waals surface area (Å²) in [6.45, 7) is 5.45. The van der Waals surface area contributed by atoms with Gasteiger partial charge in [-0.3, -0.25) is 4.79 Å². The van der Waals surface area contributed by atoms with Crippen molar-refractivity contribution >= 4 is 33.8 Å². The largest absolute Gasteiger partial charge is 0.508 e. The maximum atomic E-state index is 14.2. The minimum atomic E-state index is -0.273. The number of phenols is 1. The van der Waals surface area contributed by atoms with Gasteiger partial charge in [0, 0.05) is 51.0 Å². The van der Waals surface area contributed by atoms with E-state index in [0.717, 1.165) is 44.5 Å². The van der Waals surface area contributed by atoms with Gasteiger partial charge < -0.3 is 29.8 Å². The number of nitrogens with zero attached hydrogens (tertiary/aromatic N) is 2. The molecule has 1 amide bonds. The topological polar surface area (TPSA) is 102 Å². The van der Waals surface area contributed by atoms with E-state index in [1.807, 2.05) is 37.3 Å². The lowest BCUT2D eigenvalue weighted by Gasteiger charge is -2.23. The summed E-state index contributed by atoms with van der Waals surface area (Å²) in [7, 11) is 1.69. The Morgan fingerprint density at radius 2 is 2.00 bits per heavy atom. The number of amides is 1. The molecule has 0 saturated heterocycles. The van der Waals surface area contributed by atoms with Crippen LogP contribution < -0.4 is 20.1 Å². The molecular formula is C39H43N4O4S+. The van der Waals surface area contributed by atoms with Gasteiger partial charge in [-0.25, -0.2) is 4.98 Å². The number of phenolic OH excluding ortho intramolecular Hbond substituents is 1. The standard InChI is InChI=1S/C39H42N4O4S/c1-22-30(31-18-26(44)10-14-32(31)40-22)20-33(34-21-48-23(2)41-34)42-39(45)25-9-12-28-35(17-25)43-15-16-47-36-19-27(46-3)11-13-29(36)38(43)37(28)24-7-5-4-6-8-24/h9-14,17-19,21-22,24,30,33,40,44H,4-8,15-16,20H2,1-3H3,(H,42,45)/p+1. The van der Waals surface area contributed by atoms with Crippen molar-refractivity contribution in [2.45, 2.75) is 82.8 Å². The van der Waals surface area contributed by atoms with Crippen LogP contribution in [-0.4, -0.2) is 40.3 Å². The van der Waals surface area contributed by atoms with Crippen molar-refractivity contribution in [1.29, 1.82) is 0 Å². The SMILES string of the molecule is COc1ccc2c(c1)OCCn1c-2c(C2CCCCC2)c2ccc(C(=O)NC(CC3c4cc(O)ccc4[NH2+]C3C)c3csc(C)n3)cc21. The maximum Gasteiger partial charge on any atom is 0.251 e. The predicted octanol–water partition coefficient (Wildman–Crippen LogP) is 7.47. The molecule has 248 valence electrons. The zero-order valence-electron chi connectivity index (χ0n) is 27.8. The van der Waals surface area contributed by atoms with E-state index in [2.05, 4.69) is 45.7 Å². The highest BCUT2D eigenvalue weighted by Crippen LogP contribution is 2.48. The number of thiazole rings is 1. The fourth-order valence-corrected chi connectivity index (χ4v) is 9.05. The number of nitrogens with two attached hydrogens (primary N) is 1. The van der Waals surface area contributed by atoms with Crippen molar-refractivity contribution in [2.75, 3.05) is 13.7 Å². The number of nitrogens with one attached hydrogen (secondary N) is 1. The molecule has 3 aliphatic rings. The van der Waals surface area contributed by atoms with Crippen molar-refractivity contribution in [2.24, 2.45) is 0 Å². The van der Waals surface area contributed by atoms with E-state index in [1.165, 1.54) is 48.7 Å². The van der Waals surface area contributed by atoms with E-state index in [1.54, 1.807) is 24.5 Å². The van der Waals surface area contributed by atoms with Gasteiger partial charge >= 0.3 is 0 Å². The highest BCUT2D eigenvalue weighted by Gasteiger charge is 2.37. The third kappa shape index (κ3) is 5.52. The second kappa shape index (κ2) is 12.6. The molecular weight excluding hydrogens is 621 g/mol. The van der Waals surface area contributed by atoms with Gasteiger partial charge in [-0.15, -0.1) is 11.3 Å². The van der Waals surface area contributed by atoms with Crippen LogP contribution >= 0.6 is 11.3 Å². The normalized spacial score (nSPS) is 19.6. The van der Waals surface area contributed by atoms with Gasteiger partial charge in [-0.1, -0.05) is 25.3 Å². The number of hydrogen-bond acceptors (Lipinski definition) is 6. The van der Waals surface area contributed by atoms with Crippen molar-refractivity contribution in [1.82, 2.24) is 14.9 Å². The van der Waals surface area contributed by atoms with Crippen LogP contribution in [0.25, 0.3) is 22.2 Å². The summed E-state index contributed by atoms with van der Waals surface area (Å²) in [4.78, 5) is 19.0. The molecule has 0 bridgehead atoms. The predicted molar refractivity (Wildman–Crippen MR) is 189 cm³/mol. The summed E-state index contributed by atoms with van der Waals surface area (Å²) in [5.41, 5.74) is 8.57. The molecule has 8 rings (SSSR count). The molecule has 3 atom stereocenters. The number of aryl methyl sites for hydroxylation is 1. The molecule has 1 aliphatic carbocycles. The van der Waals surface area contributed by atoms with Crippen LogP contribution in [0.15, 0.2) is 60.0 Å². The summed E-state index contributed by atoms with van der Waals surface area (Å²) in [5.74, 6) is 2.41. The van der Waals surface area contributed by atoms with E-state index >= 15 is 0 Å². The van der Waals surface area contributed by atoms with E-state index in [0.29, 0.717) is 31.1 Å². The number of aromatic nitrogens is 2. The highest BCUT2D eigenvalue weighted by molar-refractivity contribution is 7.09. The van der Waals surface area contributed by atoms with Gasteiger partial charge in [-0.05, 0) is 81.0 Å². The lowest BCUT2D eigenvalue weighted by Crippen LogP contribution is -2.81. The van der Waals surface area contributed by atoms with Gasteiger partial charge in [0.15, 0.2) is 0 Å². The van der Waals surface area contributed by atoms with Crippen LogP contribution in [0.4, 0.5) is 5.69 Å². The molecule has 4 heterocycles. The smallest absolute Gasteiger partial charge is 0.251 e. The second-order valence-electron chi connectivity index (χ2n) is 13.7. The zero-order chi connectivity index (χ0) is 32.9.